The zero-order chi connectivity index (χ0) is 14.0. The molecule has 100 valence electrons. The van der Waals surface area contributed by atoms with Gasteiger partial charge in [-0.25, -0.2) is 12.8 Å². The van der Waals surface area contributed by atoms with Gasteiger partial charge in [-0.2, -0.15) is 0 Å². The Kier molecular flexibility index (Phi) is 3.78. The molecule has 2 rings (SSSR count). The second kappa shape index (κ2) is 5.19. The van der Waals surface area contributed by atoms with Gasteiger partial charge in [-0.15, -0.1) is 0 Å². The zero-order valence-corrected chi connectivity index (χ0v) is 11.6. The van der Waals surface area contributed by atoms with Crippen LogP contribution >= 0.6 is 11.6 Å². The van der Waals surface area contributed by atoms with Gasteiger partial charge in [0.05, 0.1) is 10.7 Å². The van der Waals surface area contributed by atoms with Crippen LogP contribution in [0.1, 0.15) is 5.56 Å². The number of rotatable bonds is 3. The molecule has 0 heterocycles. The molecule has 3 nitrogen and oxygen atoms in total. The number of hydrogen-bond acceptors (Lipinski definition) is 2. The molecule has 0 spiro atoms. The van der Waals surface area contributed by atoms with Crippen molar-refractivity contribution < 1.29 is 12.8 Å². The maximum absolute atomic E-state index is 13.0. The number of hydrogen-bond donors (Lipinski definition) is 1. The van der Waals surface area contributed by atoms with Crippen LogP contribution in [0, 0.1) is 12.7 Å². The van der Waals surface area contributed by atoms with Crippen molar-refractivity contribution >= 4 is 27.3 Å². The molecule has 19 heavy (non-hydrogen) atoms. The van der Waals surface area contributed by atoms with Gasteiger partial charge >= 0.3 is 0 Å². The van der Waals surface area contributed by atoms with E-state index in [2.05, 4.69) is 4.72 Å². The number of benzene rings is 2. The van der Waals surface area contributed by atoms with Crippen LogP contribution in [0.25, 0.3) is 0 Å². The summed E-state index contributed by atoms with van der Waals surface area (Å²) in [6.07, 6.45) is 0. The highest BCUT2D eigenvalue weighted by Gasteiger charge is 2.18. The lowest BCUT2D eigenvalue weighted by Crippen LogP contribution is -2.13. The van der Waals surface area contributed by atoms with Gasteiger partial charge in [-0.1, -0.05) is 23.7 Å². The fraction of sp³-hybridized carbons (Fsp3) is 0.0769. The van der Waals surface area contributed by atoms with Gasteiger partial charge in [-0.3, -0.25) is 4.72 Å². The van der Waals surface area contributed by atoms with Gasteiger partial charge in [0, 0.05) is 0 Å². The first-order valence-corrected chi connectivity index (χ1v) is 7.29. The van der Waals surface area contributed by atoms with E-state index < -0.39 is 15.8 Å². The second-order valence-corrected chi connectivity index (χ2v) is 6.11. The molecule has 6 heteroatoms. The smallest absolute Gasteiger partial charge is 0.263 e. The summed E-state index contributed by atoms with van der Waals surface area (Å²) in [7, 11) is -3.83. The van der Waals surface area contributed by atoms with E-state index in [1.807, 2.05) is 6.92 Å². The fourth-order valence-electron chi connectivity index (χ4n) is 1.59. The van der Waals surface area contributed by atoms with Crippen LogP contribution in [0.15, 0.2) is 47.4 Å². The van der Waals surface area contributed by atoms with E-state index in [0.29, 0.717) is 0 Å². The van der Waals surface area contributed by atoms with Crippen molar-refractivity contribution in [1.29, 1.82) is 0 Å². The first-order chi connectivity index (χ1) is 8.88. The summed E-state index contributed by atoms with van der Waals surface area (Å²) in [4.78, 5) is -0.0379. The molecule has 0 fully saturated rings. The highest BCUT2D eigenvalue weighted by Crippen LogP contribution is 2.24. The normalized spacial score (nSPS) is 11.3. The largest absolute Gasteiger partial charge is 0.279 e. The van der Waals surface area contributed by atoms with E-state index in [4.69, 9.17) is 11.6 Å². The van der Waals surface area contributed by atoms with Gasteiger partial charge in [0.25, 0.3) is 10.0 Å². The maximum atomic E-state index is 13.0. The molecule has 2 aromatic rings. The lowest BCUT2D eigenvalue weighted by Gasteiger charge is -2.10. The Morgan fingerprint density at radius 1 is 1.16 bits per heavy atom. The van der Waals surface area contributed by atoms with Crippen molar-refractivity contribution in [3.63, 3.8) is 0 Å². The number of aryl methyl sites for hydroxylation is 1. The van der Waals surface area contributed by atoms with Crippen molar-refractivity contribution in [2.24, 2.45) is 0 Å². The average molecular weight is 300 g/mol. The minimum absolute atomic E-state index is 0.0379. The Morgan fingerprint density at radius 3 is 2.53 bits per heavy atom. The Morgan fingerprint density at radius 2 is 1.89 bits per heavy atom. The second-order valence-electron chi connectivity index (χ2n) is 4.05. The summed E-state index contributed by atoms with van der Waals surface area (Å²) in [5, 5.41) is 0.129. The van der Waals surface area contributed by atoms with Gasteiger partial charge in [-0.05, 0) is 42.8 Å². The first-order valence-electron chi connectivity index (χ1n) is 5.43. The summed E-state index contributed by atoms with van der Waals surface area (Å²) < 4.78 is 39.6. The molecule has 0 unspecified atom stereocenters. The molecule has 0 saturated carbocycles. The SMILES string of the molecule is Cc1ccc(S(=O)(=O)Nc2cccc(F)c2)c(Cl)c1. The van der Waals surface area contributed by atoms with Gasteiger partial charge in [0.15, 0.2) is 0 Å². The Bertz CT molecular complexity index is 716. The molecule has 0 aromatic heterocycles. The molecule has 0 aliphatic carbocycles. The summed E-state index contributed by atoms with van der Waals surface area (Å²) in [5.74, 6) is -0.518. The van der Waals surface area contributed by atoms with E-state index in [-0.39, 0.29) is 15.6 Å². The van der Waals surface area contributed by atoms with Crippen molar-refractivity contribution in [3.8, 4) is 0 Å². The summed E-state index contributed by atoms with van der Waals surface area (Å²) >= 11 is 5.92. The molecule has 0 bridgehead atoms. The van der Waals surface area contributed by atoms with E-state index in [1.54, 1.807) is 12.1 Å². The number of sulfonamides is 1. The number of anilines is 1. The first kappa shape index (κ1) is 13.8. The maximum Gasteiger partial charge on any atom is 0.263 e. The topological polar surface area (TPSA) is 46.2 Å². The van der Waals surface area contributed by atoms with E-state index in [9.17, 15) is 12.8 Å². The molecule has 0 aliphatic rings. The minimum atomic E-state index is -3.83. The summed E-state index contributed by atoms with van der Waals surface area (Å²) in [6.45, 7) is 1.81. The van der Waals surface area contributed by atoms with Crippen LogP contribution in [0.5, 0.6) is 0 Å². The van der Waals surface area contributed by atoms with E-state index >= 15 is 0 Å². The van der Waals surface area contributed by atoms with Gasteiger partial charge in [0.2, 0.25) is 0 Å². The predicted molar refractivity (Wildman–Crippen MR) is 73.4 cm³/mol. The quantitative estimate of drug-likeness (QED) is 0.941. The molecular weight excluding hydrogens is 289 g/mol. The molecule has 0 saturated heterocycles. The van der Waals surface area contributed by atoms with E-state index in [1.165, 1.54) is 24.3 Å². The van der Waals surface area contributed by atoms with Gasteiger partial charge in [0.1, 0.15) is 10.7 Å². The zero-order valence-electron chi connectivity index (χ0n) is 10.0. The van der Waals surface area contributed by atoms with Gasteiger partial charge < -0.3 is 0 Å². The number of nitrogens with one attached hydrogen (secondary N) is 1. The predicted octanol–water partition coefficient (Wildman–Crippen LogP) is 3.59. The third kappa shape index (κ3) is 3.24. The Balaban J connectivity index is 2.38. The lowest BCUT2D eigenvalue weighted by atomic mass is 10.2. The number of halogens is 2. The minimum Gasteiger partial charge on any atom is -0.279 e. The standard InChI is InChI=1S/C13H11ClFNO2S/c1-9-5-6-13(12(14)7-9)19(17,18)16-11-4-2-3-10(15)8-11/h2-8,16H,1H3. The van der Waals surface area contributed by atoms with Crippen molar-refractivity contribution in [1.82, 2.24) is 0 Å². The fourth-order valence-corrected chi connectivity index (χ4v) is 3.24. The lowest BCUT2D eigenvalue weighted by molar-refractivity contribution is 0.601. The van der Waals surface area contributed by atoms with Crippen molar-refractivity contribution in [2.75, 3.05) is 4.72 Å². The molecule has 2 aromatic carbocycles. The van der Waals surface area contributed by atoms with Crippen LogP contribution in [0.4, 0.5) is 10.1 Å². The van der Waals surface area contributed by atoms with Crippen molar-refractivity contribution in [2.45, 2.75) is 11.8 Å². The highest BCUT2D eigenvalue weighted by atomic mass is 35.5. The molecule has 0 amide bonds. The molecule has 0 aliphatic heterocycles. The van der Waals surface area contributed by atoms with Crippen LogP contribution in [-0.4, -0.2) is 8.42 Å². The third-order valence-electron chi connectivity index (χ3n) is 2.45. The van der Waals surface area contributed by atoms with Crippen LogP contribution in [0.2, 0.25) is 5.02 Å². The molecule has 0 atom stereocenters. The van der Waals surface area contributed by atoms with Crippen molar-refractivity contribution in [3.05, 3.63) is 58.9 Å². The van der Waals surface area contributed by atoms with E-state index in [0.717, 1.165) is 11.6 Å². The third-order valence-corrected chi connectivity index (χ3v) is 4.32. The monoisotopic (exact) mass is 299 g/mol. The van der Waals surface area contributed by atoms with Crippen LogP contribution in [0.3, 0.4) is 0 Å². The van der Waals surface area contributed by atoms with Crippen LogP contribution in [-0.2, 0) is 10.0 Å². The van der Waals surface area contributed by atoms with Crippen LogP contribution < -0.4 is 4.72 Å². The average Bonchev–Trinajstić information content (AvgIpc) is 2.27. The molecular formula is C13H11ClFNO2S. The molecule has 1 N–H and O–H groups in total. The Labute approximate surface area is 116 Å². The summed E-state index contributed by atoms with van der Waals surface area (Å²) in [5.41, 5.74) is 1.01. The molecule has 0 radical (unpaired) electrons. The Hall–Kier alpha value is -1.59. The highest BCUT2D eigenvalue weighted by molar-refractivity contribution is 7.92. The summed E-state index contributed by atoms with van der Waals surface area (Å²) in [6, 6.07) is 9.83.